The van der Waals surface area contributed by atoms with Crippen LogP contribution in [0, 0.1) is 11.3 Å². The van der Waals surface area contributed by atoms with Gasteiger partial charge in [0.15, 0.2) is 0 Å². The number of rotatable bonds is 11. The Hall–Kier alpha value is -4.96. The van der Waals surface area contributed by atoms with Gasteiger partial charge in [0, 0.05) is 35.1 Å². The van der Waals surface area contributed by atoms with Crippen LogP contribution >= 0.6 is 23.1 Å². The summed E-state index contributed by atoms with van der Waals surface area (Å²) in [5.41, 5.74) is 2.27. The highest BCUT2D eigenvalue weighted by molar-refractivity contribution is 8.00. The van der Waals surface area contributed by atoms with E-state index in [1.807, 2.05) is 25.1 Å². The molecule has 12 heteroatoms. The van der Waals surface area contributed by atoms with Gasteiger partial charge in [0.05, 0.1) is 27.5 Å². The molecule has 4 N–H and O–H groups in total. The van der Waals surface area contributed by atoms with Crippen molar-refractivity contribution >= 4 is 57.5 Å². The van der Waals surface area contributed by atoms with Crippen LogP contribution < -0.4 is 10.6 Å². The number of anilines is 2. The smallest absolute Gasteiger partial charge is 0.336 e. The number of thioether (sulfide) groups is 1. The molecule has 0 radical (unpaired) electrons. The number of amides is 2. The van der Waals surface area contributed by atoms with Crippen LogP contribution in [0.2, 0.25) is 0 Å². The molecule has 1 aromatic heterocycles. The summed E-state index contributed by atoms with van der Waals surface area (Å²) in [5.74, 6) is -3.68. The fourth-order valence-corrected chi connectivity index (χ4v) is 7.47. The van der Waals surface area contributed by atoms with Crippen molar-refractivity contribution in [3.05, 3.63) is 111 Å². The second-order valence-corrected chi connectivity index (χ2v) is 13.0. The molecule has 10 nitrogen and oxygen atoms in total. The number of hydrogen-bond donors (Lipinski definition) is 4. The topological polar surface area (TPSA) is 160 Å². The van der Waals surface area contributed by atoms with Crippen molar-refractivity contribution in [2.24, 2.45) is 0 Å². The molecule has 0 spiro atoms. The van der Waals surface area contributed by atoms with Crippen molar-refractivity contribution in [3.63, 3.8) is 0 Å². The maximum absolute atomic E-state index is 13.4. The molecular formula is C34H30N4O6S2. The second-order valence-electron chi connectivity index (χ2n) is 10.6. The molecule has 0 aliphatic carbocycles. The van der Waals surface area contributed by atoms with Gasteiger partial charge in [-0.05, 0) is 60.4 Å². The van der Waals surface area contributed by atoms with Crippen molar-refractivity contribution < 1.29 is 29.4 Å². The lowest BCUT2D eigenvalue weighted by Gasteiger charge is -2.26. The van der Waals surface area contributed by atoms with Crippen LogP contribution in [0.25, 0.3) is 0 Å². The minimum atomic E-state index is -1.43. The van der Waals surface area contributed by atoms with Crippen LogP contribution in [-0.4, -0.2) is 50.7 Å². The summed E-state index contributed by atoms with van der Waals surface area (Å²) >= 11 is 2.76. The van der Waals surface area contributed by atoms with Gasteiger partial charge < -0.3 is 20.8 Å². The van der Waals surface area contributed by atoms with E-state index in [-0.39, 0.29) is 17.0 Å². The summed E-state index contributed by atoms with van der Waals surface area (Å²) < 4.78 is 0. The molecule has 3 aromatic carbocycles. The number of hydrogen-bond acceptors (Lipinski definition) is 8. The van der Waals surface area contributed by atoms with Crippen LogP contribution in [0.5, 0.6) is 0 Å². The highest BCUT2D eigenvalue weighted by Gasteiger charge is 2.27. The van der Waals surface area contributed by atoms with Crippen molar-refractivity contribution in [1.29, 1.82) is 5.26 Å². The van der Waals surface area contributed by atoms with Crippen LogP contribution in [-0.2, 0) is 24.3 Å². The molecule has 1 aliphatic heterocycles. The van der Waals surface area contributed by atoms with Crippen molar-refractivity contribution in [2.75, 3.05) is 17.2 Å². The minimum Gasteiger partial charge on any atom is -0.478 e. The van der Waals surface area contributed by atoms with Crippen LogP contribution in [0.4, 0.5) is 10.7 Å². The molecule has 1 atom stereocenters. The predicted octanol–water partition coefficient (Wildman–Crippen LogP) is 6.34. The Morgan fingerprint density at radius 1 is 0.978 bits per heavy atom. The van der Waals surface area contributed by atoms with E-state index in [9.17, 15) is 34.7 Å². The van der Waals surface area contributed by atoms with Gasteiger partial charge in [-0.1, -0.05) is 43.3 Å². The van der Waals surface area contributed by atoms with Crippen LogP contribution in [0.15, 0.2) is 77.7 Å². The zero-order chi connectivity index (χ0) is 32.8. The zero-order valence-electron chi connectivity index (χ0n) is 24.8. The summed E-state index contributed by atoms with van der Waals surface area (Å²) in [4.78, 5) is 53.5. The Balaban J connectivity index is 1.26. The van der Waals surface area contributed by atoms with E-state index in [1.54, 1.807) is 24.3 Å². The minimum absolute atomic E-state index is 0.184. The van der Waals surface area contributed by atoms with E-state index in [0.717, 1.165) is 42.1 Å². The zero-order valence-corrected chi connectivity index (χ0v) is 26.4. The van der Waals surface area contributed by atoms with E-state index in [4.69, 9.17) is 0 Å². The number of nitriles is 1. The normalized spacial score (nSPS) is 13.2. The molecule has 2 amide bonds. The monoisotopic (exact) mass is 654 g/mol. The van der Waals surface area contributed by atoms with E-state index < -0.39 is 28.7 Å². The average molecular weight is 655 g/mol. The number of benzene rings is 3. The van der Waals surface area contributed by atoms with Gasteiger partial charge in [0.2, 0.25) is 5.91 Å². The van der Waals surface area contributed by atoms with E-state index in [2.05, 4.69) is 33.7 Å². The lowest BCUT2D eigenvalue weighted by molar-refractivity contribution is -0.115. The first-order chi connectivity index (χ1) is 22.2. The molecule has 2 heterocycles. The van der Waals surface area contributed by atoms with Gasteiger partial charge >= 0.3 is 11.9 Å². The Labute approximate surface area is 273 Å². The molecule has 0 fully saturated rings. The van der Waals surface area contributed by atoms with Crippen molar-refractivity contribution in [3.8, 4) is 6.07 Å². The Morgan fingerprint density at radius 2 is 1.76 bits per heavy atom. The number of carboxylic acids is 2. The van der Waals surface area contributed by atoms with Crippen molar-refractivity contribution in [1.82, 2.24) is 4.90 Å². The first-order valence-electron chi connectivity index (χ1n) is 14.5. The third kappa shape index (κ3) is 7.46. The molecule has 0 bridgehead atoms. The molecule has 1 aliphatic rings. The predicted molar refractivity (Wildman–Crippen MR) is 177 cm³/mol. The quantitative estimate of drug-likeness (QED) is 0.135. The fraction of sp³-hybridized carbons (Fsp3) is 0.206. The number of thiophene rings is 1. The summed E-state index contributed by atoms with van der Waals surface area (Å²) in [7, 11) is 0. The molecule has 46 heavy (non-hydrogen) atoms. The van der Waals surface area contributed by atoms with E-state index in [0.29, 0.717) is 34.1 Å². The first-order valence-corrected chi connectivity index (χ1v) is 16.2. The Kier molecular flexibility index (Phi) is 10.2. The number of aromatic carboxylic acids is 2. The number of nitrogens with one attached hydrogen (secondary N) is 2. The molecule has 0 saturated carbocycles. The maximum Gasteiger partial charge on any atom is 0.336 e. The largest absolute Gasteiger partial charge is 0.478 e. The lowest BCUT2D eigenvalue weighted by atomic mass is 10.0. The van der Waals surface area contributed by atoms with Crippen LogP contribution in [0.1, 0.15) is 66.0 Å². The Bertz CT molecular complexity index is 1850. The van der Waals surface area contributed by atoms with Gasteiger partial charge in [0.1, 0.15) is 11.1 Å². The molecule has 234 valence electrons. The SMILES string of the molecule is CCC(Sc1cccc(NC(=O)c2ccc(C(=O)O)cc2C(=O)O)c1)C(=O)Nc1sc2c(c1C#N)CCN(Cc1ccccc1)C2. The number of nitrogens with zero attached hydrogens (tertiary/aromatic N) is 2. The standard InChI is InChI=1S/C34H30N4O6S2/c1-2-28(31(40)37-32-27(17-35)24-13-14-38(19-29(24)46-32)18-20-7-4-3-5-8-20)45-23-10-6-9-22(16-23)36-30(39)25-12-11-21(33(41)42)15-26(25)34(43)44/h3-12,15-16,28H,2,13-14,18-19H2,1H3,(H,36,39)(H,37,40)(H,41,42)(H,43,44). The number of carboxylic acid groups (broad SMARTS) is 2. The van der Waals surface area contributed by atoms with Gasteiger partial charge in [-0.15, -0.1) is 23.1 Å². The van der Waals surface area contributed by atoms with Crippen LogP contribution in [0.3, 0.4) is 0 Å². The number of fused-ring (bicyclic) bond motifs is 1. The van der Waals surface area contributed by atoms with Gasteiger partial charge in [0.25, 0.3) is 5.91 Å². The lowest BCUT2D eigenvalue weighted by Crippen LogP contribution is -2.29. The first kappa shape index (κ1) is 32.4. The third-order valence-corrected chi connectivity index (χ3v) is 10.00. The Morgan fingerprint density at radius 3 is 2.46 bits per heavy atom. The second kappa shape index (κ2) is 14.4. The van der Waals surface area contributed by atoms with Gasteiger partial charge in [-0.25, -0.2) is 9.59 Å². The summed E-state index contributed by atoms with van der Waals surface area (Å²) in [6.45, 7) is 4.24. The molecule has 4 aromatic rings. The fourth-order valence-electron chi connectivity index (χ4n) is 5.22. The van der Waals surface area contributed by atoms with Gasteiger partial charge in [-0.2, -0.15) is 5.26 Å². The molecular weight excluding hydrogens is 625 g/mol. The van der Waals surface area contributed by atoms with Crippen molar-refractivity contribution in [2.45, 2.75) is 43.0 Å². The summed E-state index contributed by atoms with van der Waals surface area (Å²) in [5, 5.41) is 34.4. The van der Waals surface area contributed by atoms with Gasteiger partial charge in [-0.3, -0.25) is 14.5 Å². The maximum atomic E-state index is 13.4. The average Bonchev–Trinajstić information content (AvgIpc) is 3.39. The van der Waals surface area contributed by atoms with E-state index >= 15 is 0 Å². The van der Waals surface area contributed by atoms with E-state index in [1.165, 1.54) is 34.7 Å². The molecule has 0 saturated heterocycles. The highest BCUT2D eigenvalue weighted by Crippen LogP contribution is 2.38. The third-order valence-electron chi connectivity index (χ3n) is 7.51. The summed E-state index contributed by atoms with van der Waals surface area (Å²) in [6.07, 6.45) is 1.24. The highest BCUT2D eigenvalue weighted by atomic mass is 32.2. The molecule has 1 unspecified atom stereocenters. The molecule has 5 rings (SSSR count). The summed E-state index contributed by atoms with van der Waals surface area (Å²) in [6, 6.07) is 22.6. The number of carbonyl (C=O) groups excluding carboxylic acids is 2. The number of carbonyl (C=O) groups is 4.